The zero-order valence-corrected chi connectivity index (χ0v) is 15.0. The number of carbonyl (C=O) groups is 1. The van der Waals surface area contributed by atoms with E-state index in [-0.39, 0.29) is 5.91 Å². The van der Waals surface area contributed by atoms with Crippen molar-refractivity contribution in [1.29, 1.82) is 0 Å². The molecule has 0 aliphatic rings. The zero-order valence-electron chi connectivity index (χ0n) is 14.1. The summed E-state index contributed by atoms with van der Waals surface area (Å²) in [7, 11) is 1.62. The van der Waals surface area contributed by atoms with E-state index < -0.39 is 0 Å². The molecule has 1 amide bonds. The minimum atomic E-state index is -0.263. The van der Waals surface area contributed by atoms with Gasteiger partial charge in [0.15, 0.2) is 11.5 Å². The van der Waals surface area contributed by atoms with E-state index in [1.165, 1.54) is 11.3 Å². The highest BCUT2D eigenvalue weighted by Crippen LogP contribution is 2.26. The average molecular weight is 365 g/mol. The summed E-state index contributed by atoms with van der Waals surface area (Å²) in [6, 6.07) is 12.9. The van der Waals surface area contributed by atoms with Crippen molar-refractivity contribution in [3.63, 3.8) is 0 Å². The van der Waals surface area contributed by atoms with Gasteiger partial charge < -0.3 is 14.5 Å². The highest BCUT2D eigenvalue weighted by molar-refractivity contribution is 7.13. The van der Waals surface area contributed by atoms with E-state index in [0.29, 0.717) is 28.4 Å². The molecule has 4 aromatic rings. The number of aryl methyl sites for hydroxylation is 1. The lowest BCUT2D eigenvalue weighted by Crippen LogP contribution is -2.12. The highest BCUT2D eigenvalue weighted by atomic mass is 32.1. The lowest BCUT2D eigenvalue weighted by molar-refractivity contribution is 0.102. The van der Waals surface area contributed by atoms with E-state index in [9.17, 15) is 4.79 Å². The van der Waals surface area contributed by atoms with Crippen molar-refractivity contribution in [3.8, 4) is 16.3 Å². The quantitative estimate of drug-likeness (QED) is 0.575. The Bertz CT molecular complexity index is 1080. The number of methoxy groups -OCH3 is 1. The Morgan fingerprint density at radius 3 is 2.73 bits per heavy atom. The summed E-state index contributed by atoms with van der Waals surface area (Å²) in [5.74, 6) is 1.11. The number of anilines is 1. The zero-order chi connectivity index (χ0) is 18.1. The molecule has 130 valence electrons. The number of ether oxygens (including phenoxy) is 1. The van der Waals surface area contributed by atoms with Gasteiger partial charge >= 0.3 is 0 Å². The van der Waals surface area contributed by atoms with Gasteiger partial charge in [-0.15, -0.1) is 11.3 Å². The number of aromatic nitrogens is 2. The first-order valence-electron chi connectivity index (χ1n) is 7.91. The van der Waals surface area contributed by atoms with Gasteiger partial charge in [-0.2, -0.15) is 0 Å². The molecular weight excluding hydrogens is 350 g/mol. The third-order valence-electron chi connectivity index (χ3n) is 3.83. The van der Waals surface area contributed by atoms with Crippen LogP contribution in [0.4, 0.5) is 5.69 Å². The van der Waals surface area contributed by atoms with Crippen LogP contribution in [0, 0.1) is 6.92 Å². The first-order valence-corrected chi connectivity index (χ1v) is 8.79. The minimum Gasteiger partial charge on any atom is -0.497 e. The number of nitrogens with one attached hydrogen (secondary N) is 1. The maximum absolute atomic E-state index is 12.5. The summed E-state index contributed by atoms with van der Waals surface area (Å²) in [5.41, 5.74) is 3.36. The van der Waals surface area contributed by atoms with Gasteiger partial charge in [-0.05, 0) is 42.5 Å². The number of amides is 1. The summed E-state index contributed by atoms with van der Waals surface area (Å²) in [6.45, 7) is 1.79. The van der Waals surface area contributed by atoms with Gasteiger partial charge in [-0.25, -0.2) is 9.97 Å². The van der Waals surface area contributed by atoms with Gasteiger partial charge in [-0.1, -0.05) is 0 Å². The summed E-state index contributed by atoms with van der Waals surface area (Å²) in [6.07, 6.45) is 0. The minimum absolute atomic E-state index is 0.263. The summed E-state index contributed by atoms with van der Waals surface area (Å²) in [4.78, 5) is 21.2. The monoisotopic (exact) mass is 365 g/mol. The molecule has 0 saturated heterocycles. The van der Waals surface area contributed by atoms with Gasteiger partial charge in [0.2, 0.25) is 0 Å². The van der Waals surface area contributed by atoms with Gasteiger partial charge in [0.25, 0.3) is 5.91 Å². The molecule has 6 nitrogen and oxygen atoms in total. The number of nitrogens with zero attached hydrogens (tertiary/aromatic N) is 2. The molecule has 0 radical (unpaired) electrons. The Morgan fingerprint density at radius 1 is 1.15 bits per heavy atom. The molecule has 4 rings (SSSR count). The molecule has 0 saturated carbocycles. The van der Waals surface area contributed by atoms with Crippen LogP contribution in [-0.4, -0.2) is 23.0 Å². The Kier molecular flexibility index (Phi) is 4.14. The third-order valence-corrected chi connectivity index (χ3v) is 4.72. The lowest BCUT2D eigenvalue weighted by Gasteiger charge is -2.02. The number of rotatable bonds is 4. The van der Waals surface area contributed by atoms with Crippen LogP contribution in [0.15, 0.2) is 52.3 Å². The lowest BCUT2D eigenvalue weighted by atomic mass is 10.2. The summed E-state index contributed by atoms with van der Waals surface area (Å²) >= 11 is 1.42. The molecule has 0 bridgehead atoms. The van der Waals surface area contributed by atoms with E-state index in [4.69, 9.17) is 9.15 Å². The van der Waals surface area contributed by atoms with Gasteiger partial charge in [0.1, 0.15) is 22.0 Å². The smallest absolute Gasteiger partial charge is 0.275 e. The van der Waals surface area contributed by atoms with Crippen LogP contribution in [0.5, 0.6) is 5.75 Å². The van der Waals surface area contributed by atoms with Crippen LogP contribution in [-0.2, 0) is 0 Å². The van der Waals surface area contributed by atoms with Crippen LogP contribution in [0.1, 0.15) is 16.4 Å². The molecule has 0 aliphatic carbocycles. The normalized spacial score (nSPS) is 10.8. The molecule has 0 fully saturated rings. The topological polar surface area (TPSA) is 77.2 Å². The molecule has 1 N–H and O–H groups in total. The number of hydrogen-bond donors (Lipinski definition) is 1. The first-order chi connectivity index (χ1) is 12.6. The van der Waals surface area contributed by atoms with Crippen LogP contribution in [0.2, 0.25) is 0 Å². The Hall–Kier alpha value is -3.19. The predicted molar refractivity (Wildman–Crippen MR) is 101 cm³/mol. The third kappa shape index (κ3) is 3.16. The standard InChI is InChI=1S/C19H15N3O3S/c1-11-20-15-9-13(5-8-17(15)25-11)21-18(23)16-10-26-19(22-16)12-3-6-14(24-2)7-4-12/h3-10H,1-2H3,(H,21,23). The van der Waals surface area contributed by atoms with Crippen LogP contribution in [0.3, 0.4) is 0 Å². The Morgan fingerprint density at radius 2 is 1.96 bits per heavy atom. The number of carbonyl (C=O) groups excluding carboxylic acids is 1. The van der Waals surface area contributed by atoms with E-state index in [0.717, 1.165) is 16.3 Å². The molecule has 26 heavy (non-hydrogen) atoms. The Labute approximate surface area is 153 Å². The highest BCUT2D eigenvalue weighted by Gasteiger charge is 2.13. The second-order valence-corrected chi connectivity index (χ2v) is 6.49. The molecule has 0 unspecified atom stereocenters. The fourth-order valence-corrected chi connectivity index (χ4v) is 3.37. The largest absolute Gasteiger partial charge is 0.497 e. The van der Waals surface area contributed by atoms with E-state index >= 15 is 0 Å². The maximum atomic E-state index is 12.5. The van der Waals surface area contributed by atoms with Crippen LogP contribution >= 0.6 is 11.3 Å². The number of benzene rings is 2. The SMILES string of the molecule is COc1ccc(-c2nc(C(=O)Nc3ccc4oc(C)nc4c3)cs2)cc1. The van der Waals surface area contributed by atoms with Crippen molar-refractivity contribution in [2.24, 2.45) is 0 Å². The molecular formula is C19H15N3O3S. The van der Waals surface area contributed by atoms with Crippen molar-refractivity contribution in [2.45, 2.75) is 6.92 Å². The van der Waals surface area contributed by atoms with Crippen molar-refractivity contribution in [3.05, 3.63) is 59.4 Å². The van der Waals surface area contributed by atoms with Crippen molar-refractivity contribution < 1.29 is 13.9 Å². The molecule has 2 aromatic heterocycles. The van der Waals surface area contributed by atoms with Crippen molar-refractivity contribution in [1.82, 2.24) is 9.97 Å². The summed E-state index contributed by atoms with van der Waals surface area (Å²) in [5, 5.41) is 5.37. The predicted octanol–water partition coefficient (Wildman–Crippen LogP) is 4.52. The fraction of sp³-hybridized carbons (Fsp3) is 0.105. The molecule has 7 heteroatoms. The maximum Gasteiger partial charge on any atom is 0.275 e. The summed E-state index contributed by atoms with van der Waals surface area (Å²) < 4.78 is 10.6. The second-order valence-electron chi connectivity index (χ2n) is 5.64. The molecule has 2 heterocycles. The number of hydrogen-bond acceptors (Lipinski definition) is 6. The van der Waals surface area contributed by atoms with Crippen molar-refractivity contribution >= 4 is 34.0 Å². The van der Waals surface area contributed by atoms with Crippen molar-refractivity contribution in [2.75, 3.05) is 12.4 Å². The van der Waals surface area contributed by atoms with E-state index in [1.807, 2.05) is 24.3 Å². The van der Waals surface area contributed by atoms with E-state index in [1.54, 1.807) is 37.6 Å². The first kappa shape index (κ1) is 16.3. The Balaban J connectivity index is 1.53. The molecule has 0 aliphatic heterocycles. The molecule has 0 spiro atoms. The number of fused-ring (bicyclic) bond motifs is 1. The van der Waals surface area contributed by atoms with E-state index in [2.05, 4.69) is 15.3 Å². The second kappa shape index (κ2) is 6.61. The van der Waals surface area contributed by atoms with Crippen LogP contribution < -0.4 is 10.1 Å². The number of oxazole rings is 1. The average Bonchev–Trinajstić information content (AvgIpc) is 3.27. The van der Waals surface area contributed by atoms with Gasteiger partial charge in [0.05, 0.1) is 7.11 Å². The molecule has 0 atom stereocenters. The van der Waals surface area contributed by atoms with Gasteiger partial charge in [0, 0.05) is 23.6 Å². The van der Waals surface area contributed by atoms with Gasteiger partial charge in [-0.3, -0.25) is 4.79 Å². The fourth-order valence-electron chi connectivity index (χ4n) is 2.56. The van der Waals surface area contributed by atoms with Crippen LogP contribution in [0.25, 0.3) is 21.7 Å². The number of thiazole rings is 1. The molecule has 2 aromatic carbocycles.